The summed E-state index contributed by atoms with van der Waals surface area (Å²) >= 11 is 3.44. The van der Waals surface area contributed by atoms with Gasteiger partial charge in [-0.15, -0.1) is 0 Å². The van der Waals surface area contributed by atoms with Crippen molar-refractivity contribution in [2.75, 3.05) is 0 Å². The van der Waals surface area contributed by atoms with Gasteiger partial charge in [-0.25, -0.2) is 0 Å². The van der Waals surface area contributed by atoms with Gasteiger partial charge in [0, 0.05) is 20.9 Å². The number of benzene rings is 2. The second-order valence-electron chi connectivity index (χ2n) is 10.8. The zero-order valence-electron chi connectivity index (χ0n) is 23.0. The molecule has 1 aliphatic rings. The van der Waals surface area contributed by atoms with Gasteiger partial charge in [-0.3, -0.25) is 0 Å². The molecule has 0 radical (unpaired) electrons. The van der Waals surface area contributed by atoms with Crippen LogP contribution in [0.4, 0.5) is 0 Å². The van der Waals surface area contributed by atoms with Gasteiger partial charge in [0.15, 0.2) is 11.6 Å². The second-order valence-corrected chi connectivity index (χ2v) is 11.7. The van der Waals surface area contributed by atoms with Crippen LogP contribution in [0, 0.1) is 13.8 Å². The van der Waals surface area contributed by atoms with E-state index in [1.807, 2.05) is 42.5 Å². The highest BCUT2D eigenvalue weighted by Crippen LogP contribution is 2.36. The van der Waals surface area contributed by atoms with Gasteiger partial charge < -0.3 is 28.3 Å². The van der Waals surface area contributed by atoms with Crippen LogP contribution < -0.4 is 5.46 Å². The van der Waals surface area contributed by atoms with Crippen molar-refractivity contribution in [3.05, 3.63) is 64.7 Å². The lowest BCUT2D eigenvalue weighted by Gasteiger charge is -2.32. The summed E-state index contributed by atoms with van der Waals surface area (Å²) in [5.41, 5.74) is 3.99. The number of hydrogen-bond donors (Lipinski definition) is 2. The van der Waals surface area contributed by atoms with Crippen LogP contribution >= 0.6 is 15.9 Å². The quantitative estimate of drug-likeness (QED) is 0.232. The third kappa shape index (κ3) is 4.98. The Bertz CT molecular complexity index is 1820. The van der Waals surface area contributed by atoms with Crippen molar-refractivity contribution in [1.29, 1.82) is 0 Å². The van der Waals surface area contributed by atoms with Crippen LogP contribution in [-0.4, -0.2) is 48.6 Å². The molecule has 1 saturated heterocycles. The van der Waals surface area contributed by atoms with Crippen molar-refractivity contribution in [2.24, 2.45) is 0 Å². The Balaban J connectivity index is 0.000000157. The van der Waals surface area contributed by atoms with Crippen LogP contribution in [0.5, 0.6) is 0 Å². The van der Waals surface area contributed by atoms with E-state index in [1.165, 1.54) is 0 Å². The summed E-state index contributed by atoms with van der Waals surface area (Å²) < 4.78 is 23.6. The third-order valence-corrected chi connectivity index (χ3v) is 7.76. The van der Waals surface area contributed by atoms with Gasteiger partial charge in [-0.2, -0.15) is 9.97 Å². The van der Waals surface area contributed by atoms with E-state index in [9.17, 15) is 0 Å². The molecular weight excluding hydrogens is 575 g/mol. The lowest BCUT2D eigenvalue weighted by Crippen LogP contribution is -2.41. The summed E-state index contributed by atoms with van der Waals surface area (Å²) in [7, 11) is -0.372. The Morgan fingerprint density at radius 3 is 1.70 bits per heavy atom. The molecule has 204 valence electrons. The average molecular weight is 603 g/mol. The molecule has 4 aromatic heterocycles. The van der Waals surface area contributed by atoms with Gasteiger partial charge >= 0.3 is 7.12 Å². The van der Waals surface area contributed by atoms with Gasteiger partial charge in [-0.1, -0.05) is 38.4 Å². The smallest absolute Gasteiger partial charge is 0.399 e. The van der Waals surface area contributed by atoms with Gasteiger partial charge in [0.1, 0.15) is 11.4 Å². The number of aromatic nitrogens is 6. The SMILES string of the molecule is Cc1noc(-c2cc3cc(B4OC(C)(C)C(C)(C)O4)ccc3[nH]2)n1.Cc1noc(-c2cc3cc(Br)ccc3[nH]2)n1. The first kappa shape index (κ1) is 26.5. The van der Waals surface area contributed by atoms with Crippen LogP contribution in [0.1, 0.15) is 39.3 Å². The van der Waals surface area contributed by atoms with Gasteiger partial charge in [0.05, 0.1) is 11.2 Å². The maximum Gasteiger partial charge on any atom is 0.494 e. The molecule has 7 rings (SSSR count). The van der Waals surface area contributed by atoms with Crippen LogP contribution in [0.2, 0.25) is 0 Å². The normalized spacial score (nSPS) is 16.0. The van der Waals surface area contributed by atoms with Gasteiger partial charge in [0.25, 0.3) is 11.8 Å². The molecule has 12 heteroatoms. The summed E-state index contributed by atoms with van der Waals surface area (Å²) in [5.74, 6) is 2.25. The van der Waals surface area contributed by atoms with E-state index in [2.05, 4.69) is 79.9 Å². The topological polar surface area (TPSA) is 128 Å². The van der Waals surface area contributed by atoms with Crippen molar-refractivity contribution in [1.82, 2.24) is 30.2 Å². The largest absolute Gasteiger partial charge is 0.494 e. The molecule has 0 atom stereocenters. The molecule has 2 aromatic carbocycles. The van der Waals surface area contributed by atoms with E-state index in [4.69, 9.17) is 18.4 Å². The summed E-state index contributed by atoms with van der Waals surface area (Å²) in [5, 5.41) is 9.76. The molecule has 0 amide bonds. The van der Waals surface area contributed by atoms with Crippen molar-refractivity contribution < 1.29 is 18.4 Å². The highest BCUT2D eigenvalue weighted by molar-refractivity contribution is 9.10. The zero-order valence-corrected chi connectivity index (χ0v) is 24.6. The third-order valence-electron chi connectivity index (χ3n) is 7.27. The van der Waals surface area contributed by atoms with E-state index < -0.39 is 0 Å². The van der Waals surface area contributed by atoms with Gasteiger partial charge in [-0.05, 0) is 88.8 Å². The van der Waals surface area contributed by atoms with Crippen molar-refractivity contribution in [2.45, 2.75) is 52.7 Å². The number of H-pyrrole nitrogens is 2. The van der Waals surface area contributed by atoms with E-state index in [-0.39, 0.29) is 18.3 Å². The fourth-order valence-electron chi connectivity index (χ4n) is 4.42. The molecule has 1 fully saturated rings. The minimum atomic E-state index is -0.372. The van der Waals surface area contributed by atoms with Crippen LogP contribution in [0.15, 0.2) is 62.0 Å². The molecule has 0 aliphatic carbocycles. The van der Waals surface area contributed by atoms with Crippen molar-refractivity contribution >= 4 is 50.3 Å². The first-order valence-electron chi connectivity index (χ1n) is 12.9. The highest BCUT2D eigenvalue weighted by Gasteiger charge is 2.51. The second kappa shape index (κ2) is 9.72. The first-order valence-corrected chi connectivity index (χ1v) is 13.6. The fraction of sp³-hybridized carbons (Fsp3) is 0.286. The lowest BCUT2D eigenvalue weighted by molar-refractivity contribution is 0.00578. The lowest BCUT2D eigenvalue weighted by atomic mass is 9.79. The minimum absolute atomic E-state index is 0.350. The molecule has 0 bridgehead atoms. The molecule has 6 aromatic rings. The molecular formula is C28H28BBrN6O4. The number of halogens is 1. The predicted octanol–water partition coefficient (Wildman–Crippen LogP) is 6.11. The maximum absolute atomic E-state index is 6.12. The molecule has 40 heavy (non-hydrogen) atoms. The minimum Gasteiger partial charge on any atom is -0.399 e. The van der Waals surface area contributed by atoms with E-state index in [1.54, 1.807) is 13.8 Å². The Kier molecular flexibility index (Phi) is 6.44. The number of rotatable bonds is 3. The Labute approximate surface area is 239 Å². The zero-order chi connectivity index (χ0) is 28.2. The highest BCUT2D eigenvalue weighted by atomic mass is 79.9. The number of nitrogens with one attached hydrogen (secondary N) is 2. The first-order chi connectivity index (χ1) is 19.0. The monoisotopic (exact) mass is 602 g/mol. The summed E-state index contributed by atoms with van der Waals surface area (Å²) in [6.45, 7) is 11.8. The van der Waals surface area contributed by atoms with Crippen LogP contribution in [0.25, 0.3) is 45.0 Å². The van der Waals surface area contributed by atoms with Crippen LogP contribution in [0.3, 0.4) is 0 Å². The van der Waals surface area contributed by atoms with E-state index in [0.717, 1.165) is 43.1 Å². The predicted molar refractivity (Wildman–Crippen MR) is 156 cm³/mol. The molecule has 0 spiro atoms. The summed E-state index contributed by atoms with van der Waals surface area (Å²) in [4.78, 5) is 15.0. The Morgan fingerprint density at radius 1 is 0.700 bits per heavy atom. The summed E-state index contributed by atoms with van der Waals surface area (Å²) in [6, 6.07) is 16.1. The number of aryl methyl sites for hydroxylation is 2. The number of aromatic amines is 2. The number of hydrogen-bond acceptors (Lipinski definition) is 8. The molecule has 0 unspecified atom stereocenters. The van der Waals surface area contributed by atoms with Crippen LogP contribution in [-0.2, 0) is 9.31 Å². The van der Waals surface area contributed by atoms with E-state index in [0.29, 0.717) is 23.4 Å². The number of fused-ring (bicyclic) bond motifs is 2. The van der Waals surface area contributed by atoms with Crippen molar-refractivity contribution in [3.8, 4) is 23.2 Å². The van der Waals surface area contributed by atoms with Crippen molar-refractivity contribution in [3.63, 3.8) is 0 Å². The van der Waals surface area contributed by atoms with Gasteiger partial charge in [0.2, 0.25) is 0 Å². The van der Waals surface area contributed by atoms with E-state index >= 15 is 0 Å². The standard InChI is InChI=1S/C17H20BN3O3.C11H8BrN3O/c1-10-19-15(22-21-10)14-9-11-8-12(6-7-13(11)20-14)18-23-16(2,3)17(4,5)24-18;1-6-13-11(16-15-6)10-5-7-4-8(12)2-3-9(7)14-10/h6-9,20H,1-5H3;2-5,14H,1H3. The molecule has 10 nitrogen and oxygen atoms in total. The Hall–Kier alpha value is -3.74. The Morgan fingerprint density at radius 2 is 1.20 bits per heavy atom. The average Bonchev–Trinajstić information content (AvgIpc) is 3.70. The molecule has 1 aliphatic heterocycles. The molecule has 0 saturated carbocycles. The molecule has 5 heterocycles. The maximum atomic E-state index is 6.12. The molecule has 2 N–H and O–H groups in total. The number of nitrogens with zero attached hydrogens (tertiary/aromatic N) is 4. The summed E-state index contributed by atoms with van der Waals surface area (Å²) in [6.07, 6.45) is 0. The fourth-order valence-corrected chi connectivity index (χ4v) is 4.80.